The van der Waals surface area contributed by atoms with Crippen LogP contribution in [0.15, 0.2) is 17.0 Å². The van der Waals surface area contributed by atoms with E-state index in [2.05, 4.69) is 25.1 Å². The van der Waals surface area contributed by atoms with Crippen molar-refractivity contribution < 1.29 is 8.42 Å². The Morgan fingerprint density at radius 3 is 2.47 bits per heavy atom. The molecule has 0 unspecified atom stereocenters. The molecule has 0 aliphatic rings. The lowest BCUT2D eigenvalue weighted by Crippen LogP contribution is -2.24. The third kappa shape index (κ3) is 2.96. The molecule has 2 aromatic heterocycles. The first-order valence-electron chi connectivity index (χ1n) is 5.70. The van der Waals surface area contributed by atoms with Gasteiger partial charge in [0, 0.05) is 0 Å². The van der Waals surface area contributed by atoms with Crippen molar-refractivity contribution in [2.75, 3.05) is 0 Å². The van der Waals surface area contributed by atoms with Crippen LogP contribution in [0.1, 0.15) is 22.8 Å². The van der Waals surface area contributed by atoms with E-state index in [1.54, 1.807) is 26.0 Å². The van der Waals surface area contributed by atoms with E-state index in [4.69, 9.17) is 0 Å². The van der Waals surface area contributed by atoms with Gasteiger partial charge in [-0.15, -0.1) is 0 Å². The molecule has 0 bridgehead atoms. The first kappa shape index (κ1) is 13.6. The molecule has 19 heavy (non-hydrogen) atoms. The van der Waals surface area contributed by atoms with Crippen LogP contribution in [0, 0.1) is 20.8 Å². The normalized spacial score (nSPS) is 11.7. The van der Waals surface area contributed by atoms with Gasteiger partial charge in [0.15, 0.2) is 0 Å². The molecule has 0 amide bonds. The summed E-state index contributed by atoms with van der Waals surface area (Å²) in [6.07, 6.45) is 0. The fourth-order valence-corrected chi connectivity index (χ4v) is 3.06. The first-order chi connectivity index (χ1) is 8.90. The lowest BCUT2D eigenvalue weighted by atomic mass is 10.3. The Labute approximate surface area is 111 Å². The highest BCUT2D eigenvalue weighted by molar-refractivity contribution is 7.89. The summed E-state index contributed by atoms with van der Waals surface area (Å²) in [7, 11) is -3.60. The fourth-order valence-electron chi connectivity index (χ4n) is 1.70. The van der Waals surface area contributed by atoms with Gasteiger partial charge in [0.05, 0.1) is 29.3 Å². The van der Waals surface area contributed by atoms with Gasteiger partial charge >= 0.3 is 0 Å². The summed E-state index contributed by atoms with van der Waals surface area (Å²) in [6, 6.07) is 3.52. The van der Waals surface area contributed by atoms with Crippen molar-refractivity contribution in [1.82, 2.24) is 25.1 Å². The van der Waals surface area contributed by atoms with Crippen LogP contribution in [0.25, 0.3) is 0 Å². The Bertz CT molecular complexity index is 656. The number of H-pyrrole nitrogens is 1. The largest absolute Gasteiger partial charge is 0.281 e. The molecule has 0 aliphatic heterocycles. The van der Waals surface area contributed by atoms with Crippen LogP contribution in [0.3, 0.4) is 0 Å². The number of nitrogens with one attached hydrogen (secondary N) is 2. The van der Waals surface area contributed by atoms with Crippen molar-refractivity contribution in [2.45, 2.75) is 32.2 Å². The summed E-state index contributed by atoms with van der Waals surface area (Å²) < 4.78 is 26.8. The first-order valence-corrected chi connectivity index (χ1v) is 7.19. The lowest BCUT2D eigenvalue weighted by Gasteiger charge is -2.06. The molecule has 0 saturated carbocycles. The molecule has 0 radical (unpaired) electrons. The van der Waals surface area contributed by atoms with Gasteiger partial charge in [-0.25, -0.2) is 13.1 Å². The van der Waals surface area contributed by atoms with Crippen LogP contribution >= 0.6 is 0 Å². The summed E-state index contributed by atoms with van der Waals surface area (Å²) in [5, 5.41) is 14.3. The van der Waals surface area contributed by atoms with Crippen LogP contribution in [0.2, 0.25) is 0 Å². The van der Waals surface area contributed by atoms with E-state index in [9.17, 15) is 8.42 Å². The van der Waals surface area contributed by atoms with Gasteiger partial charge in [-0.1, -0.05) is 0 Å². The van der Waals surface area contributed by atoms with Crippen molar-refractivity contribution in [1.29, 1.82) is 0 Å². The molecule has 2 N–H and O–H groups in total. The van der Waals surface area contributed by atoms with Crippen LogP contribution in [0.5, 0.6) is 0 Å². The van der Waals surface area contributed by atoms with Crippen LogP contribution in [-0.2, 0) is 16.6 Å². The van der Waals surface area contributed by atoms with E-state index in [0.717, 1.165) is 5.69 Å². The Balaban J connectivity index is 2.17. The van der Waals surface area contributed by atoms with Gasteiger partial charge in [-0.05, 0) is 32.9 Å². The second kappa shape index (κ2) is 5.06. The average Bonchev–Trinajstić information content (AvgIpc) is 2.69. The van der Waals surface area contributed by atoms with E-state index in [-0.39, 0.29) is 11.4 Å². The number of aromatic amines is 1. The zero-order valence-electron chi connectivity index (χ0n) is 10.9. The highest BCUT2D eigenvalue weighted by Crippen LogP contribution is 2.16. The summed E-state index contributed by atoms with van der Waals surface area (Å²) in [4.78, 5) is 0.188. The van der Waals surface area contributed by atoms with Gasteiger partial charge in [0.1, 0.15) is 4.90 Å². The predicted molar refractivity (Wildman–Crippen MR) is 68.9 cm³/mol. The third-order valence-corrected chi connectivity index (χ3v) is 4.29. The van der Waals surface area contributed by atoms with E-state index in [1.807, 2.05) is 6.92 Å². The van der Waals surface area contributed by atoms with Gasteiger partial charge in [-0.2, -0.15) is 15.3 Å². The van der Waals surface area contributed by atoms with Crippen LogP contribution < -0.4 is 4.72 Å². The maximum atomic E-state index is 12.2. The van der Waals surface area contributed by atoms with E-state index >= 15 is 0 Å². The molecule has 0 saturated heterocycles. The maximum absolute atomic E-state index is 12.2. The van der Waals surface area contributed by atoms with E-state index in [0.29, 0.717) is 17.1 Å². The summed E-state index contributed by atoms with van der Waals surface area (Å²) in [5.41, 5.74) is 2.31. The van der Waals surface area contributed by atoms with Crippen molar-refractivity contribution >= 4 is 10.0 Å². The van der Waals surface area contributed by atoms with Crippen molar-refractivity contribution in [3.63, 3.8) is 0 Å². The topological polar surface area (TPSA) is 101 Å². The lowest BCUT2D eigenvalue weighted by molar-refractivity contribution is 0.578. The van der Waals surface area contributed by atoms with E-state index in [1.165, 1.54) is 0 Å². The quantitative estimate of drug-likeness (QED) is 0.854. The number of hydrogen-bond donors (Lipinski definition) is 2. The molecule has 0 spiro atoms. The van der Waals surface area contributed by atoms with Crippen LogP contribution in [-0.4, -0.2) is 28.8 Å². The zero-order valence-corrected chi connectivity index (χ0v) is 11.7. The van der Waals surface area contributed by atoms with Crippen molar-refractivity contribution in [2.24, 2.45) is 0 Å². The number of rotatable bonds is 4. The van der Waals surface area contributed by atoms with Gasteiger partial charge in [0.2, 0.25) is 10.0 Å². The summed E-state index contributed by atoms with van der Waals surface area (Å²) >= 11 is 0. The monoisotopic (exact) mass is 281 g/mol. The number of sulfonamides is 1. The molecule has 0 aromatic carbocycles. The molecule has 8 heteroatoms. The average molecular weight is 281 g/mol. The van der Waals surface area contributed by atoms with Crippen molar-refractivity contribution in [3.8, 4) is 0 Å². The minimum Gasteiger partial charge on any atom is -0.281 e. The van der Waals surface area contributed by atoms with Crippen molar-refractivity contribution in [3.05, 3.63) is 34.9 Å². The zero-order chi connectivity index (χ0) is 14.0. The van der Waals surface area contributed by atoms with Crippen LogP contribution in [0.4, 0.5) is 0 Å². The Hall–Kier alpha value is -1.80. The number of aromatic nitrogens is 4. The Morgan fingerprint density at radius 1 is 1.21 bits per heavy atom. The fraction of sp³-hybridized carbons (Fsp3) is 0.364. The Morgan fingerprint density at radius 2 is 1.95 bits per heavy atom. The molecule has 0 fully saturated rings. The standard InChI is InChI=1S/C11H15N5O2S/c1-7-4-5-10(16-13-7)6-12-19(17,18)11-8(2)14-15-9(11)3/h4-5,12H,6H2,1-3H3,(H,14,15). The van der Waals surface area contributed by atoms with Gasteiger partial charge < -0.3 is 0 Å². The molecule has 2 heterocycles. The SMILES string of the molecule is Cc1ccc(CNS(=O)(=O)c2c(C)n[nH]c2C)nn1. The van der Waals surface area contributed by atoms with Gasteiger partial charge in [0.25, 0.3) is 0 Å². The summed E-state index contributed by atoms with van der Waals surface area (Å²) in [6.45, 7) is 5.23. The number of aryl methyl sites for hydroxylation is 3. The molecule has 2 rings (SSSR count). The second-order valence-corrected chi connectivity index (χ2v) is 5.96. The molecular weight excluding hydrogens is 266 g/mol. The minimum atomic E-state index is -3.60. The molecular formula is C11H15N5O2S. The smallest absolute Gasteiger partial charge is 0.244 e. The molecule has 102 valence electrons. The Kier molecular flexibility index (Phi) is 3.63. The molecule has 0 atom stereocenters. The number of nitrogens with zero attached hydrogens (tertiary/aromatic N) is 3. The third-order valence-electron chi connectivity index (χ3n) is 2.63. The van der Waals surface area contributed by atoms with E-state index < -0.39 is 10.0 Å². The molecule has 0 aliphatic carbocycles. The molecule has 7 nitrogen and oxygen atoms in total. The predicted octanol–water partition coefficient (Wildman–Crippen LogP) is 0.603. The highest BCUT2D eigenvalue weighted by atomic mass is 32.2. The minimum absolute atomic E-state index is 0.0969. The maximum Gasteiger partial charge on any atom is 0.244 e. The van der Waals surface area contributed by atoms with Gasteiger partial charge in [-0.3, -0.25) is 5.10 Å². The molecule has 2 aromatic rings. The highest BCUT2D eigenvalue weighted by Gasteiger charge is 2.21. The summed E-state index contributed by atoms with van der Waals surface area (Å²) in [5.74, 6) is 0. The second-order valence-electron chi connectivity index (χ2n) is 4.25. The number of hydrogen-bond acceptors (Lipinski definition) is 5.